The minimum absolute atomic E-state index is 0. The topological polar surface area (TPSA) is 51.8 Å². The molecule has 6 heteroatoms. The average Bonchev–Trinajstić information content (AvgIpc) is 3.37. The normalized spacial score (nSPS) is 11.8. The van der Waals surface area contributed by atoms with Crippen molar-refractivity contribution in [1.82, 2.24) is 15.0 Å². The summed E-state index contributed by atoms with van der Waals surface area (Å²) in [7, 11) is 0. The van der Waals surface area contributed by atoms with Crippen LogP contribution in [0.15, 0.2) is 83.7 Å². The molecule has 0 aliphatic carbocycles. The molecule has 4 heterocycles. The summed E-state index contributed by atoms with van der Waals surface area (Å²) in [5.74, 6) is 7.99. The summed E-state index contributed by atoms with van der Waals surface area (Å²) in [6.07, 6.45) is 7.98. The standard InChI is InChI=1S/C22H21N2O.C18H24GeN.Ir/c1-14-13-24-19(11-15(14)12-22(2,3)4)18-8-5-7-16-17-9-6-10-23-21(17)25-20(16)18;1-14(2)11-16-12-18(15-9-7-6-8-10-15)20-13-17(16)19(3,4)5;/h5-7,9-11,13H,12H2,1-4H3;6-9,12-14H,11H2,1-5H3;/q2*-1;. The van der Waals surface area contributed by atoms with Crippen molar-refractivity contribution in [3.8, 4) is 22.5 Å². The molecule has 0 N–H and O–H groups in total. The fraction of sp³-hybridized carbons (Fsp3) is 0.325. The van der Waals surface area contributed by atoms with Crippen molar-refractivity contribution in [1.29, 1.82) is 0 Å². The maximum Gasteiger partial charge on any atom is 0.216 e. The summed E-state index contributed by atoms with van der Waals surface area (Å²) >= 11 is -1.86. The van der Waals surface area contributed by atoms with Gasteiger partial charge < -0.3 is 9.40 Å². The van der Waals surface area contributed by atoms with E-state index in [1.54, 1.807) is 10.6 Å². The van der Waals surface area contributed by atoms with Crippen LogP contribution in [0.5, 0.6) is 0 Å². The number of aryl methyl sites for hydroxylation is 1. The quantitative estimate of drug-likeness (QED) is 0.124. The smallest absolute Gasteiger partial charge is 0.216 e. The Morgan fingerprint density at radius 1 is 0.826 bits per heavy atom. The van der Waals surface area contributed by atoms with Gasteiger partial charge in [-0.05, 0) is 42.1 Å². The van der Waals surface area contributed by atoms with E-state index in [2.05, 4.69) is 105 Å². The minimum atomic E-state index is -1.86. The Bertz CT molecular complexity index is 1920. The Hall–Kier alpha value is -3.12. The summed E-state index contributed by atoms with van der Waals surface area (Å²) in [6.45, 7) is 13.5. The van der Waals surface area contributed by atoms with Gasteiger partial charge in [-0.25, -0.2) is 4.98 Å². The number of hydrogen-bond donors (Lipinski definition) is 0. The van der Waals surface area contributed by atoms with Crippen molar-refractivity contribution >= 4 is 39.7 Å². The number of rotatable bonds is 6. The molecule has 0 aliphatic heterocycles. The van der Waals surface area contributed by atoms with Gasteiger partial charge in [0.25, 0.3) is 0 Å². The Morgan fingerprint density at radius 3 is 2.24 bits per heavy atom. The van der Waals surface area contributed by atoms with Gasteiger partial charge in [-0.2, -0.15) is 0 Å². The van der Waals surface area contributed by atoms with Gasteiger partial charge in [-0.1, -0.05) is 43.4 Å². The van der Waals surface area contributed by atoms with E-state index in [4.69, 9.17) is 9.40 Å². The third-order valence-corrected chi connectivity index (χ3v) is 12.1. The molecule has 0 unspecified atom stereocenters. The molecule has 6 aromatic rings. The fourth-order valence-corrected chi connectivity index (χ4v) is 9.05. The Morgan fingerprint density at radius 2 is 1.57 bits per heavy atom. The van der Waals surface area contributed by atoms with Gasteiger partial charge in [-0.15, -0.1) is 18.2 Å². The van der Waals surface area contributed by atoms with Crippen LogP contribution in [0.25, 0.3) is 44.6 Å². The third-order valence-electron chi connectivity index (χ3n) is 7.81. The third kappa shape index (κ3) is 8.61. The molecule has 0 spiro atoms. The van der Waals surface area contributed by atoms with E-state index < -0.39 is 13.3 Å². The van der Waals surface area contributed by atoms with Gasteiger partial charge in [0, 0.05) is 37.9 Å². The summed E-state index contributed by atoms with van der Waals surface area (Å²) in [5.41, 5.74) is 9.64. The van der Waals surface area contributed by atoms with Crippen LogP contribution in [0.1, 0.15) is 51.3 Å². The molecule has 0 saturated heterocycles. The molecule has 0 atom stereocenters. The van der Waals surface area contributed by atoms with E-state index in [1.165, 1.54) is 16.7 Å². The molecule has 0 fully saturated rings. The van der Waals surface area contributed by atoms with Crippen molar-refractivity contribution in [3.63, 3.8) is 0 Å². The molecule has 4 nitrogen and oxygen atoms in total. The summed E-state index contributed by atoms with van der Waals surface area (Å²) in [5, 5.41) is 2.08. The summed E-state index contributed by atoms with van der Waals surface area (Å²) < 4.78 is 7.57. The van der Waals surface area contributed by atoms with Gasteiger partial charge in [0.1, 0.15) is 0 Å². The van der Waals surface area contributed by atoms with E-state index in [1.807, 2.05) is 48.7 Å². The molecule has 0 amide bonds. The first-order valence-corrected chi connectivity index (χ1v) is 23.2. The predicted molar refractivity (Wildman–Crippen MR) is 192 cm³/mol. The molecule has 46 heavy (non-hydrogen) atoms. The largest absolute Gasteiger partial charge is 0.486 e. The van der Waals surface area contributed by atoms with E-state index in [-0.39, 0.29) is 25.5 Å². The van der Waals surface area contributed by atoms with Gasteiger partial charge >= 0.3 is 126 Å². The van der Waals surface area contributed by atoms with Crippen molar-refractivity contribution in [3.05, 3.63) is 108 Å². The van der Waals surface area contributed by atoms with E-state index in [0.717, 1.165) is 51.7 Å². The second-order valence-electron chi connectivity index (χ2n) is 14.6. The second-order valence-corrected chi connectivity index (χ2v) is 25.2. The molecule has 0 bridgehead atoms. The fourth-order valence-electron chi connectivity index (χ4n) is 5.71. The number of nitrogens with zero attached hydrogens (tertiary/aromatic N) is 3. The van der Waals surface area contributed by atoms with Crippen LogP contribution in [0.2, 0.25) is 17.3 Å². The number of furan rings is 1. The average molecular weight is 849 g/mol. The molecular formula is C40H45GeIrN3O-2. The van der Waals surface area contributed by atoms with E-state index in [0.29, 0.717) is 11.6 Å². The first-order valence-electron chi connectivity index (χ1n) is 15.9. The van der Waals surface area contributed by atoms with E-state index >= 15 is 0 Å². The molecule has 0 aliphatic rings. The zero-order chi connectivity index (χ0) is 32.4. The second kappa shape index (κ2) is 14.8. The number of aromatic nitrogens is 3. The molecule has 6 rings (SSSR count). The molecule has 241 valence electrons. The summed E-state index contributed by atoms with van der Waals surface area (Å²) in [4.78, 5) is 13.7. The van der Waals surface area contributed by atoms with Gasteiger partial charge in [0.05, 0.1) is 5.58 Å². The van der Waals surface area contributed by atoms with Crippen molar-refractivity contribution in [2.24, 2.45) is 11.3 Å². The number of benzene rings is 2. The van der Waals surface area contributed by atoms with E-state index in [9.17, 15) is 0 Å². The SMILES string of the molecule is CC(C)Cc1cc(-c2[c-]cccc2)nc[c]1[Ge]([CH3])([CH3])[CH3].Cc1cnc(-c2[c-]ccc3c2oc2ncccc23)cc1CC(C)(C)C.[Ir]. The Kier molecular flexibility index (Phi) is 11.5. The zero-order valence-corrected chi connectivity index (χ0v) is 33.1. The first kappa shape index (κ1) is 35.7. The van der Waals surface area contributed by atoms with Crippen molar-refractivity contribution in [2.45, 2.75) is 71.7 Å². The Labute approximate surface area is 291 Å². The van der Waals surface area contributed by atoms with Crippen molar-refractivity contribution in [2.75, 3.05) is 0 Å². The van der Waals surface area contributed by atoms with Crippen LogP contribution in [0.3, 0.4) is 0 Å². The number of fused-ring (bicyclic) bond motifs is 3. The zero-order valence-electron chi connectivity index (χ0n) is 28.6. The summed E-state index contributed by atoms with van der Waals surface area (Å²) in [6, 6.07) is 27.1. The van der Waals surface area contributed by atoms with Crippen molar-refractivity contribution < 1.29 is 24.5 Å². The maximum absolute atomic E-state index is 6.03. The molecular weight excluding hydrogens is 803 g/mol. The van der Waals surface area contributed by atoms with Gasteiger partial charge in [-0.3, -0.25) is 0 Å². The van der Waals surface area contributed by atoms with Gasteiger partial charge in [0.15, 0.2) is 0 Å². The maximum atomic E-state index is 6.03. The molecule has 0 saturated carbocycles. The monoisotopic (exact) mass is 850 g/mol. The van der Waals surface area contributed by atoms with Crippen LogP contribution in [-0.2, 0) is 32.9 Å². The molecule has 2 aromatic carbocycles. The van der Waals surface area contributed by atoms with Crippen LogP contribution >= 0.6 is 0 Å². The van der Waals surface area contributed by atoms with Crippen LogP contribution < -0.4 is 4.40 Å². The van der Waals surface area contributed by atoms with Gasteiger partial charge in [0.2, 0.25) is 5.71 Å². The molecule has 4 aromatic heterocycles. The first-order chi connectivity index (χ1) is 21.3. The predicted octanol–water partition coefficient (Wildman–Crippen LogP) is 10.0. The van der Waals surface area contributed by atoms with Crippen LogP contribution in [0.4, 0.5) is 0 Å². The van der Waals surface area contributed by atoms with Crippen LogP contribution in [0, 0.1) is 30.4 Å². The number of pyridine rings is 3. The molecule has 1 radical (unpaired) electrons. The van der Waals surface area contributed by atoms with Crippen LogP contribution in [-0.4, -0.2) is 28.2 Å². The number of hydrogen-bond acceptors (Lipinski definition) is 4. The Balaban J connectivity index is 0.000000210. The minimum Gasteiger partial charge on any atom is -0.486 e.